The zero-order valence-electron chi connectivity index (χ0n) is 9.15. The molecule has 10 heteroatoms. The fraction of sp³-hybridized carbons (Fsp3) is 0.875. The van der Waals surface area contributed by atoms with E-state index in [0.717, 1.165) is 0 Å². The Morgan fingerprint density at radius 3 is 2.17 bits per heavy atom. The Hall–Kier alpha value is -1.19. The van der Waals surface area contributed by atoms with E-state index in [1.54, 1.807) is 0 Å². The van der Waals surface area contributed by atoms with Gasteiger partial charge in [0.25, 0.3) is 0 Å². The fourth-order valence-electron chi connectivity index (χ4n) is 1.12. The molecule has 0 saturated carbocycles. The van der Waals surface area contributed by atoms with Crippen LogP contribution in [0.15, 0.2) is 5.16 Å². The highest BCUT2D eigenvalue weighted by atomic mass is 19.4. The normalized spacial score (nSPS) is 15.8. The van der Waals surface area contributed by atoms with Gasteiger partial charge in [0, 0.05) is 13.0 Å². The highest BCUT2D eigenvalue weighted by molar-refractivity contribution is 5.83. The number of rotatable bonds is 6. The number of halogens is 6. The van der Waals surface area contributed by atoms with E-state index in [1.165, 1.54) is 0 Å². The molecule has 0 amide bonds. The maximum atomic E-state index is 12.4. The SMILES string of the molecule is NC(=NO)C(CNCCCC(F)(F)F)C(F)(F)F. The quantitative estimate of drug-likeness (QED) is 0.174. The van der Waals surface area contributed by atoms with Crippen LogP contribution in [0.5, 0.6) is 0 Å². The monoisotopic (exact) mass is 281 g/mol. The Kier molecular flexibility index (Phi) is 6.22. The second-order valence-corrected chi connectivity index (χ2v) is 3.54. The van der Waals surface area contributed by atoms with Crippen LogP contribution in [0.4, 0.5) is 26.3 Å². The molecule has 4 nitrogen and oxygen atoms in total. The summed E-state index contributed by atoms with van der Waals surface area (Å²) in [5.74, 6) is -3.26. The lowest BCUT2D eigenvalue weighted by Crippen LogP contribution is -2.43. The van der Waals surface area contributed by atoms with Crippen LogP contribution < -0.4 is 11.1 Å². The number of oxime groups is 1. The smallest absolute Gasteiger partial charge is 0.400 e. The van der Waals surface area contributed by atoms with Gasteiger partial charge in [0.1, 0.15) is 5.92 Å². The van der Waals surface area contributed by atoms with E-state index in [1.807, 2.05) is 0 Å². The third-order valence-electron chi connectivity index (χ3n) is 2.03. The molecule has 0 heterocycles. The van der Waals surface area contributed by atoms with Gasteiger partial charge in [0.15, 0.2) is 5.84 Å². The van der Waals surface area contributed by atoms with Crippen molar-refractivity contribution in [3.8, 4) is 0 Å². The Morgan fingerprint density at radius 2 is 1.78 bits per heavy atom. The van der Waals surface area contributed by atoms with Gasteiger partial charge in [-0.15, -0.1) is 0 Å². The van der Waals surface area contributed by atoms with E-state index >= 15 is 0 Å². The topological polar surface area (TPSA) is 70.6 Å². The van der Waals surface area contributed by atoms with E-state index in [2.05, 4.69) is 10.5 Å². The van der Waals surface area contributed by atoms with Gasteiger partial charge >= 0.3 is 12.4 Å². The van der Waals surface area contributed by atoms with Crippen LogP contribution in [0.1, 0.15) is 12.8 Å². The van der Waals surface area contributed by atoms with E-state index in [-0.39, 0.29) is 13.0 Å². The summed E-state index contributed by atoms with van der Waals surface area (Å²) in [6.45, 7) is -0.984. The lowest BCUT2D eigenvalue weighted by atomic mass is 10.1. The molecule has 0 radical (unpaired) electrons. The molecule has 0 aromatic carbocycles. The third-order valence-corrected chi connectivity index (χ3v) is 2.03. The van der Waals surface area contributed by atoms with E-state index in [9.17, 15) is 26.3 Å². The lowest BCUT2D eigenvalue weighted by molar-refractivity contribution is -0.155. The van der Waals surface area contributed by atoms with Crippen molar-refractivity contribution in [2.75, 3.05) is 13.1 Å². The largest absolute Gasteiger partial charge is 0.409 e. The van der Waals surface area contributed by atoms with Gasteiger partial charge in [0.05, 0.1) is 0 Å². The predicted molar refractivity (Wildman–Crippen MR) is 51.1 cm³/mol. The summed E-state index contributed by atoms with van der Waals surface area (Å²) in [6, 6.07) is 0. The van der Waals surface area contributed by atoms with Crippen molar-refractivity contribution in [2.24, 2.45) is 16.8 Å². The summed E-state index contributed by atoms with van der Waals surface area (Å²) >= 11 is 0. The van der Waals surface area contributed by atoms with Crippen LogP contribution in [-0.2, 0) is 0 Å². The van der Waals surface area contributed by atoms with Gasteiger partial charge in [-0.2, -0.15) is 26.3 Å². The minimum atomic E-state index is -4.73. The number of hydrogen-bond acceptors (Lipinski definition) is 3. The summed E-state index contributed by atoms with van der Waals surface area (Å²) in [7, 11) is 0. The summed E-state index contributed by atoms with van der Waals surface area (Å²) in [5, 5.41) is 12.6. The molecular formula is C8H13F6N3O. The third kappa shape index (κ3) is 7.20. The molecule has 0 aliphatic rings. The molecule has 0 spiro atoms. The summed E-state index contributed by atoms with van der Waals surface area (Å²) in [5.41, 5.74) is 4.85. The maximum Gasteiger partial charge on any atom is 0.400 e. The van der Waals surface area contributed by atoms with Crippen molar-refractivity contribution in [3.05, 3.63) is 0 Å². The number of hydrogen-bond donors (Lipinski definition) is 3. The first-order valence-corrected chi connectivity index (χ1v) is 4.89. The molecule has 1 atom stereocenters. The molecule has 0 aromatic heterocycles. The number of alkyl halides is 6. The van der Waals surface area contributed by atoms with Crippen LogP contribution in [0, 0.1) is 5.92 Å². The first-order valence-electron chi connectivity index (χ1n) is 4.89. The highest BCUT2D eigenvalue weighted by Gasteiger charge is 2.42. The average Bonchev–Trinajstić information content (AvgIpc) is 2.18. The number of amidine groups is 1. The summed E-state index contributed by atoms with van der Waals surface area (Å²) < 4.78 is 72.3. The van der Waals surface area contributed by atoms with Crippen molar-refractivity contribution in [1.82, 2.24) is 5.32 Å². The Balaban J connectivity index is 4.08. The second-order valence-electron chi connectivity index (χ2n) is 3.54. The Labute approximate surface area is 98.8 Å². The molecule has 1 unspecified atom stereocenters. The van der Waals surface area contributed by atoms with Gasteiger partial charge in [-0.25, -0.2) is 0 Å². The molecule has 108 valence electrons. The van der Waals surface area contributed by atoms with Crippen molar-refractivity contribution in [3.63, 3.8) is 0 Å². The van der Waals surface area contributed by atoms with Crippen molar-refractivity contribution in [2.45, 2.75) is 25.2 Å². The Bertz CT molecular complexity index is 275. The summed E-state index contributed by atoms with van der Waals surface area (Å²) in [4.78, 5) is 0. The van der Waals surface area contributed by atoms with Crippen LogP contribution >= 0.6 is 0 Å². The molecule has 4 N–H and O–H groups in total. The molecule has 0 aliphatic carbocycles. The first-order chi connectivity index (χ1) is 8.08. The van der Waals surface area contributed by atoms with E-state index < -0.39 is 37.1 Å². The summed E-state index contributed by atoms with van der Waals surface area (Å²) in [6.07, 6.45) is -10.5. The number of nitrogens with one attached hydrogen (secondary N) is 1. The maximum absolute atomic E-state index is 12.4. The zero-order valence-corrected chi connectivity index (χ0v) is 9.15. The van der Waals surface area contributed by atoms with Gasteiger partial charge in [0.2, 0.25) is 0 Å². The minimum Gasteiger partial charge on any atom is -0.409 e. The van der Waals surface area contributed by atoms with E-state index in [4.69, 9.17) is 10.9 Å². The minimum absolute atomic E-state index is 0.245. The molecule has 0 aromatic rings. The van der Waals surface area contributed by atoms with Crippen LogP contribution in [0.3, 0.4) is 0 Å². The second kappa shape index (κ2) is 6.66. The predicted octanol–water partition coefficient (Wildman–Crippen LogP) is 1.84. The highest BCUT2D eigenvalue weighted by Crippen LogP contribution is 2.26. The Morgan fingerprint density at radius 1 is 1.22 bits per heavy atom. The lowest BCUT2D eigenvalue weighted by Gasteiger charge is -2.19. The molecule has 0 bridgehead atoms. The van der Waals surface area contributed by atoms with Crippen LogP contribution in [0.2, 0.25) is 0 Å². The van der Waals surface area contributed by atoms with Crippen molar-refractivity contribution in [1.29, 1.82) is 0 Å². The molecule has 0 aliphatic heterocycles. The molecule has 0 rings (SSSR count). The molecule has 0 saturated heterocycles. The average molecular weight is 281 g/mol. The van der Waals surface area contributed by atoms with Gasteiger partial charge in [-0.1, -0.05) is 5.16 Å². The van der Waals surface area contributed by atoms with Gasteiger partial charge in [-0.3, -0.25) is 0 Å². The molecular weight excluding hydrogens is 268 g/mol. The first kappa shape index (κ1) is 16.8. The number of nitrogens with two attached hydrogens (primary N) is 1. The standard InChI is InChI=1S/C8H13F6N3O/c9-7(10,11)2-1-3-16-4-5(6(15)17-18)8(12,13)14/h5,16,18H,1-4H2,(H2,15,17). The fourth-order valence-corrected chi connectivity index (χ4v) is 1.12. The van der Waals surface area contributed by atoms with Crippen molar-refractivity contribution < 1.29 is 31.5 Å². The molecule has 0 fully saturated rings. The molecule has 18 heavy (non-hydrogen) atoms. The van der Waals surface area contributed by atoms with Crippen LogP contribution in [-0.4, -0.2) is 36.5 Å². The van der Waals surface area contributed by atoms with Gasteiger partial charge in [-0.05, 0) is 13.0 Å². The van der Waals surface area contributed by atoms with E-state index in [0.29, 0.717) is 0 Å². The number of nitrogens with zero attached hydrogens (tertiary/aromatic N) is 1. The van der Waals surface area contributed by atoms with Crippen LogP contribution in [0.25, 0.3) is 0 Å². The van der Waals surface area contributed by atoms with Gasteiger partial charge < -0.3 is 16.3 Å². The zero-order chi connectivity index (χ0) is 14.4. The van der Waals surface area contributed by atoms with Crippen molar-refractivity contribution >= 4 is 5.84 Å².